The predicted molar refractivity (Wildman–Crippen MR) is 81.8 cm³/mol. The van der Waals surface area contributed by atoms with E-state index in [4.69, 9.17) is 9.15 Å². The maximum atomic E-state index is 11.8. The highest BCUT2D eigenvalue weighted by atomic mass is 16.5. The SMILES string of the molecule is COCCCNCc1c(O)ccc2c(C)c(C)c(=O)oc12. The molecule has 0 saturated carbocycles. The van der Waals surface area contributed by atoms with Crippen LogP contribution in [0.4, 0.5) is 0 Å². The average Bonchev–Trinajstić information content (AvgIpc) is 2.47. The van der Waals surface area contributed by atoms with Gasteiger partial charge in [0.05, 0.1) is 5.56 Å². The summed E-state index contributed by atoms with van der Waals surface area (Å²) in [6.45, 7) is 5.52. The molecule has 0 spiro atoms. The highest BCUT2D eigenvalue weighted by Gasteiger charge is 2.14. The second kappa shape index (κ2) is 6.74. The van der Waals surface area contributed by atoms with E-state index < -0.39 is 0 Å². The van der Waals surface area contributed by atoms with E-state index in [9.17, 15) is 9.90 Å². The molecule has 0 unspecified atom stereocenters. The van der Waals surface area contributed by atoms with Crippen LogP contribution in [0.5, 0.6) is 5.75 Å². The number of phenols is 1. The van der Waals surface area contributed by atoms with Gasteiger partial charge in [-0.3, -0.25) is 0 Å². The van der Waals surface area contributed by atoms with Crippen LogP contribution in [0.2, 0.25) is 0 Å². The fourth-order valence-electron chi connectivity index (χ4n) is 2.28. The van der Waals surface area contributed by atoms with Gasteiger partial charge in [-0.2, -0.15) is 0 Å². The summed E-state index contributed by atoms with van der Waals surface area (Å²) in [6.07, 6.45) is 0.879. The molecule has 1 heterocycles. The van der Waals surface area contributed by atoms with Gasteiger partial charge in [-0.15, -0.1) is 0 Å². The standard InChI is InChI=1S/C16H21NO4/c1-10-11(2)16(19)21-15-12(10)5-6-14(18)13(15)9-17-7-4-8-20-3/h5-6,17-18H,4,7-9H2,1-3H3. The molecule has 21 heavy (non-hydrogen) atoms. The van der Waals surface area contributed by atoms with Gasteiger partial charge in [-0.1, -0.05) is 0 Å². The molecule has 0 fully saturated rings. The molecule has 2 rings (SSSR count). The van der Waals surface area contributed by atoms with E-state index in [-0.39, 0.29) is 11.4 Å². The maximum Gasteiger partial charge on any atom is 0.339 e. The average molecular weight is 291 g/mol. The van der Waals surface area contributed by atoms with Gasteiger partial charge in [0.25, 0.3) is 0 Å². The lowest BCUT2D eigenvalue weighted by Gasteiger charge is -2.11. The van der Waals surface area contributed by atoms with E-state index in [1.54, 1.807) is 26.2 Å². The smallest absolute Gasteiger partial charge is 0.339 e. The van der Waals surface area contributed by atoms with Crippen molar-refractivity contribution < 1.29 is 14.3 Å². The van der Waals surface area contributed by atoms with Crippen LogP contribution in [0.25, 0.3) is 11.0 Å². The van der Waals surface area contributed by atoms with Crippen molar-refractivity contribution in [3.8, 4) is 5.75 Å². The summed E-state index contributed by atoms with van der Waals surface area (Å²) in [4.78, 5) is 11.8. The second-order valence-corrected chi connectivity index (χ2v) is 5.10. The first kappa shape index (κ1) is 15.5. The normalized spacial score (nSPS) is 11.2. The Kier molecular flexibility index (Phi) is 4.98. The van der Waals surface area contributed by atoms with Crippen molar-refractivity contribution in [2.75, 3.05) is 20.3 Å². The number of methoxy groups -OCH3 is 1. The molecular formula is C16H21NO4. The Morgan fingerprint density at radius 1 is 1.29 bits per heavy atom. The van der Waals surface area contributed by atoms with Crippen molar-refractivity contribution in [3.63, 3.8) is 0 Å². The topological polar surface area (TPSA) is 71.7 Å². The molecule has 0 aliphatic heterocycles. The van der Waals surface area contributed by atoms with Gasteiger partial charge in [0.1, 0.15) is 11.3 Å². The Bertz CT molecular complexity index is 691. The van der Waals surface area contributed by atoms with E-state index >= 15 is 0 Å². The third kappa shape index (κ3) is 3.25. The fourth-order valence-corrected chi connectivity index (χ4v) is 2.28. The van der Waals surface area contributed by atoms with Crippen molar-refractivity contribution >= 4 is 11.0 Å². The fraction of sp³-hybridized carbons (Fsp3) is 0.438. The largest absolute Gasteiger partial charge is 0.507 e. The number of phenolic OH excluding ortho intramolecular Hbond substituents is 1. The summed E-state index contributed by atoms with van der Waals surface area (Å²) in [5, 5.41) is 14.1. The Balaban J connectivity index is 2.34. The summed E-state index contributed by atoms with van der Waals surface area (Å²) in [6, 6.07) is 3.42. The van der Waals surface area contributed by atoms with Crippen LogP contribution < -0.4 is 10.9 Å². The molecule has 1 aromatic carbocycles. The number of rotatable bonds is 6. The van der Waals surface area contributed by atoms with Crippen molar-refractivity contribution in [1.82, 2.24) is 5.32 Å². The monoisotopic (exact) mass is 291 g/mol. The van der Waals surface area contributed by atoms with Gasteiger partial charge < -0.3 is 19.6 Å². The van der Waals surface area contributed by atoms with Crippen molar-refractivity contribution in [1.29, 1.82) is 0 Å². The zero-order valence-corrected chi connectivity index (χ0v) is 12.7. The second-order valence-electron chi connectivity index (χ2n) is 5.10. The zero-order chi connectivity index (χ0) is 15.4. The van der Waals surface area contributed by atoms with Crippen LogP contribution in [-0.2, 0) is 11.3 Å². The molecule has 114 valence electrons. The number of fused-ring (bicyclic) bond motifs is 1. The quantitative estimate of drug-likeness (QED) is 0.631. The first-order valence-electron chi connectivity index (χ1n) is 7.00. The van der Waals surface area contributed by atoms with Crippen molar-refractivity contribution in [2.24, 2.45) is 0 Å². The van der Waals surface area contributed by atoms with Crippen molar-refractivity contribution in [3.05, 3.63) is 39.2 Å². The van der Waals surface area contributed by atoms with Gasteiger partial charge in [-0.05, 0) is 44.5 Å². The van der Waals surface area contributed by atoms with Crippen LogP contribution in [0.15, 0.2) is 21.3 Å². The third-order valence-corrected chi connectivity index (χ3v) is 3.71. The predicted octanol–water partition coefficient (Wildman–Crippen LogP) is 2.24. The Morgan fingerprint density at radius 3 is 2.76 bits per heavy atom. The van der Waals surface area contributed by atoms with Gasteiger partial charge in [0.2, 0.25) is 0 Å². The van der Waals surface area contributed by atoms with Gasteiger partial charge in [0.15, 0.2) is 0 Å². The summed E-state index contributed by atoms with van der Waals surface area (Å²) in [5.41, 5.74) is 2.22. The lowest BCUT2D eigenvalue weighted by atomic mass is 10.0. The lowest BCUT2D eigenvalue weighted by molar-refractivity contribution is 0.194. The third-order valence-electron chi connectivity index (χ3n) is 3.71. The number of nitrogens with one attached hydrogen (secondary N) is 1. The molecular weight excluding hydrogens is 270 g/mol. The van der Waals surface area contributed by atoms with E-state index in [2.05, 4.69) is 5.32 Å². The van der Waals surface area contributed by atoms with Crippen molar-refractivity contribution in [2.45, 2.75) is 26.8 Å². The van der Waals surface area contributed by atoms with E-state index in [0.29, 0.717) is 29.9 Å². The molecule has 0 radical (unpaired) electrons. The van der Waals surface area contributed by atoms with E-state index in [0.717, 1.165) is 23.9 Å². The first-order chi connectivity index (χ1) is 10.1. The molecule has 0 bridgehead atoms. The van der Waals surface area contributed by atoms with Crippen LogP contribution >= 0.6 is 0 Å². The van der Waals surface area contributed by atoms with E-state index in [1.165, 1.54) is 0 Å². The molecule has 1 aromatic heterocycles. The number of aromatic hydroxyl groups is 1. The molecule has 0 aliphatic carbocycles. The molecule has 5 nitrogen and oxygen atoms in total. The molecule has 0 aliphatic rings. The Labute approximate surface area is 123 Å². The van der Waals surface area contributed by atoms with E-state index in [1.807, 2.05) is 6.92 Å². The minimum absolute atomic E-state index is 0.133. The number of aryl methyl sites for hydroxylation is 1. The number of hydrogen-bond donors (Lipinski definition) is 2. The van der Waals surface area contributed by atoms with Gasteiger partial charge in [-0.25, -0.2) is 4.79 Å². The summed E-state index contributed by atoms with van der Waals surface area (Å²) in [5.74, 6) is 0.133. The summed E-state index contributed by atoms with van der Waals surface area (Å²) in [7, 11) is 1.66. The van der Waals surface area contributed by atoms with Crippen LogP contribution in [-0.4, -0.2) is 25.4 Å². The molecule has 0 atom stereocenters. The zero-order valence-electron chi connectivity index (χ0n) is 12.7. The molecule has 2 aromatic rings. The number of hydrogen-bond acceptors (Lipinski definition) is 5. The highest BCUT2D eigenvalue weighted by molar-refractivity contribution is 5.85. The molecule has 0 amide bonds. The molecule has 5 heteroatoms. The maximum absolute atomic E-state index is 11.8. The van der Waals surface area contributed by atoms with Crippen LogP contribution in [0.3, 0.4) is 0 Å². The van der Waals surface area contributed by atoms with Crippen LogP contribution in [0.1, 0.15) is 23.1 Å². The summed E-state index contributed by atoms with van der Waals surface area (Å²) >= 11 is 0. The number of benzene rings is 1. The van der Waals surface area contributed by atoms with Gasteiger partial charge in [0, 0.05) is 31.2 Å². The first-order valence-corrected chi connectivity index (χ1v) is 7.00. The Morgan fingerprint density at radius 2 is 2.05 bits per heavy atom. The lowest BCUT2D eigenvalue weighted by Crippen LogP contribution is -2.17. The molecule has 2 N–H and O–H groups in total. The highest BCUT2D eigenvalue weighted by Crippen LogP contribution is 2.29. The van der Waals surface area contributed by atoms with Crippen LogP contribution in [0, 0.1) is 13.8 Å². The summed E-state index contributed by atoms with van der Waals surface area (Å²) < 4.78 is 10.4. The van der Waals surface area contributed by atoms with Gasteiger partial charge >= 0.3 is 5.63 Å². The minimum atomic E-state index is -0.355. The Hall–Kier alpha value is -1.85. The number of ether oxygens (including phenoxy) is 1. The molecule has 0 saturated heterocycles. The minimum Gasteiger partial charge on any atom is -0.507 e.